The first-order chi connectivity index (χ1) is 9.31. The fourth-order valence-electron chi connectivity index (χ4n) is 2.45. The highest BCUT2D eigenvalue weighted by atomic mass is 16.5. The van der Waals surface area contributed by atoms with E-state index in [1.165, 1.54) is 7.11 Å². The summed E-state index contributed by atoms with van der Waals surface area (Å²) in [6.45, 7) is 0.764. The van der Waals surface area contributed by atoms with Crippen LogP contribution < -0.4 is 4.90 Å². The molecule has 0 N–H and O–H groups in total. The van der Waals surface area contributed by atoms with Crippen LogP contribution in [0.4, 0.5) is 5.82 Å². The Morgan fingerprint density at radius 2 is 2.32 bits per heavy atom. The van der Waals surface area contributed by atoms with Gasteiger partial charge in [-0.15, -0.1) is 5.10 Å². The van der Waals surface area contributed by atoms with E-state index in [1.807, 2.05) is 4.90 Å². The Morgan fingerprint density at radius 1 is 1.42 bits per heavy atom. The van der Waals surface area contributed by atoms with E-state index in [0.717, 1.165) is 31.6 Å². The standard InChI is InChI=1S/C11H14N6O2/c1-19-11(18)8-4-2-3-5-16(8)10-7-12-6-9-13-14-15-17(9)10/h6-8H,2-5H2,1H3. The van der Waals surface area contributed by atoms with Crippen LogP contribution in [0.1, 0.15) is 19.3 Å². The quantitative estimate of drug-likeness (QED) is 0.707. The van der Waals surface area contributed by atoms with Crippen molar-refractivity contribution >= 4 is 17.4 Å². The maximum atomic E-state index is 11.9. The summed E-state index contributed by atoms with van der Waals surface area (Å²) in [7, 11) is 1.41. The Bertz CT molecular complexity index is 598. The summed E-state index contributed by atoms with van der Waals surface area (Å²) < 4.78 is 6.46. The summed E-state index contributed by atoms with van der Waals surface area (Å²) in [5.41, 5.74) is 0.562. The summed E-state index contributed by atoms with van der Waals surface area (Å²) in [5.74, 6) is 0.488. The molecule has 0 amide bonds. The molecule has 0 bridgehead atoms. The zero-order valence-corrected chi connectivity index (χ0v) is 10.6. The number of carbonyl (C=O) groups excluding carboxylic acids is 1. The van der Waals surface area contributed by atoms with Crippen LogP contribution in [0.5, 0.6) is 0 Å². The maximum absolute atomic E-state index is 11.9. The Morgan fingerprint density at radius 3 is 3.16 bits per heavy atom. The van der Waals surface area contributed by atoms with Gasteiger partial charge in [-0.25, -0.2) is 4.79 Å². The molecule has 0 spiro atoms. The lowest BCUT2D eigenvalue weighted by Crippen LogP contribution is -2.46. The van der Waals surface area contributed by atoms with E-state index in [9.17, 15) is 4.79 Å². The molecule has 0 radical (unpaired) electrons. The number of aromatic nitrogens is 5. The third kappa shape index (κ3) is 1.98. The summed E-state index contributed by atoms with van der Waals surface area (Å²) in [6, 6.07) is -0.296. The average Bonchev–Trinajstić information content (AvgIpc) is 2.94. The molecular weight excluding hydrogens is 248 g/mol. The lowest BCUT2D eigenvalue weighted by molar-refractivity contribution is -0.142. The summed E-state index contributed by atoms with van der Waals surface area (Å²) in [5, 5.41) is 11.4. The third-order valence-corrected chi connectivity index (χ3v) is 3.36. The van der Waals surface area contributed by atoms with Gasteiger partial charge < -0.3 is 9.64 Å². The van der Waals surface area contributed by atoms with Crippen LogP contribution in [0.15, 0.2) is 12.4 Å². The molecular formula is C11H14N6O2. The summed E-state index contributed by atoms with van der Waals surface area (Å²) in [4.78, 5) is 18.0. The van der Waals surface area contributed by atoms with E-state index < -0.39 is 0 Å². The van der Waals surface area contributed by atoms with Crippen molar-refractivity contribution in [2.75, 3.05) is 18.6 Å². The second-order valence-electron chi connectivity index (χ2n) is 4.44. The maximum Gasteiger partial charge on any atom is 0.328 e. The van der Waals surface area contributed by atoms with Crippen molar-refractivity contribution in [3.8, 4) is 0 Å². The van der Waals surface area contributed by atoms with E-state index in [4.69, 9.17) is 4.74 Å². The van der Waals surface area contributed by atoms with Crippen molar-refractivity contribution in [2.24, 2.45) is 0 Å². The number of nitrogens with zero attached hydrogens (tertiary/aromatic N) is 6. The highest BCUT2D eigenvalue weighted by Gasteiger charge is 2.31. The first kappa shape index (κ1) is 11.8. The van der Waals surface area contributed by atoms with Crippen LogP contribution in [0.2, 0.25) is 0 Å². The van der Waals surface area contributed by atoms with Gasteiger partial charge in [0.25, 0.3) is 0 Å². The molecule has 2 aromatic rings. The SMILES string of the molecule is COC(=O)C1CCCCN1c1cncc2nnnn12. The average molecular weight is 262 g/mol. The number of ether oxygens (including phenoxy) is 1. The predicted molar refractivity (Wildman–Crippen MR) is 65.6 cm³/mol. The smallest absolute Gasteiger partial charge is 0.328 e. The van der Waals surface area contributed by atoms with E-state index in [1.54, 1.807) is 16.9 Å². The zero-order chi connectivity index (χ0) is 13.2. The van der Waals surface area contributed by atoms with Gasteiger partial charge in [0.1, 0.15) is 6.04 Å². The van der Waals surface area contributed by atoms with Gasteiger partial charge in [-0.1, -0.05) is 0 Å². The molecule has 0 saturated carbocycles. The van der Waals surface area contributed by atoms with Crippen LogP contribution in [0, 0.1) is 0 Å². The summed E-state index contributed by atoms with van der Waals surface area (Å²) in [6.07, 6.45) is 6.05. The highest BCUT2D eigenvalue weighted by Crippen LogP contribution is 2.24. The van der Waals surface area contributed by atoms with Gasteiger partial charge in [-0.3, -0.25) is 4.98 Å². The van der Waals surface area contributed by atoms with Crippen molar-refractivity contribution in [3.63, 3.8) is 0 Å². The number of tetrazole rings is 1. The molecule has 1 unspecified atom stereocenters. The molecule has 2 aromatic heterocycles. The summed E-state index contributed by atoms with van der Waals surface area (Å²) >= 11 is 0. The Kier molecular flexibility index (Phi) is 2.98. The predicted octanol–water partition coefficient (Wildman–Crippen LogP) is 0.0512. The molecule has 19 heavy (non-hydrogen) atoms. The number of rotatable bonds is 2. The number of carbonyl (C=O) groups is 1. The Balaban J connectivity index is 2.02. The van der Waals surface area contributed by atoms with Crippen molar-refractivity contribution in [2.45, 2.75) is 25.3 Å². The van der Waals surface area contributed by atoms with Gasteiger partial charge in [0.2, 0.25) is 0 Å². The van der Waals surface area contributed by atoms with Crippen molar-refractivity contribution in [1.29, 1.82) is 0 Å². The number of methoxy groups -OCH3 is 1. The van der Waals surface area contributed by atoms with Crippen LogP contribution in [-0.2, 0) is 9.53 Å². The second-order valence-corrected chi connectivity index (χ2v) is 4.44. The van der Waals surface area contributed by atoms with Crippen molar-refractivity contribution in [3.05, 3.63) is 12.4 Å². The first-order valence-corrected chi connectivity index (χ1v) is 6.18. The minimum absolute atomic E-state index is 0.232. The molecule has 3 rings (SSSR count). The monoisotopic (exact) mass is 262 g/mol. The molecule has 0 aliphatic carbocycles. The first-order valence-electron chi connectivity index (χ1n) is 6.18. The third-order valence-electron chi connectivity index (χ3n) is 3.36. The van der Waals surface area contributed by atoms with E-state index >= 15 is 0 Å². The minimum Gasteiger partial charge on any atom is -0.467 e. The molecule has 3 heterocycles. The number of esters is 1. The molecule has 1 atom stereocenters. The number of hydrogen-bond acceptors (Lipinski definition) is 7. The van der Waals surface area contributed by atoms with Gasteiger partial charge in [-0.2, -0.15) is 4.52 Å². The van der Waals surface area contributed by atoms with Crippen LogP contribution in [0.3, 0.4) is 0 Å². The molecule has 0 aromatic carbocycles. The Labute approximate surface area is 109 Å². The topological polar surface area (TPSA) is 85.5 Å². The highest BCUT2D eigenvalue weighted by molar-refractivity contribution is 5.79. The number of piperidine rings is 1. The molecule has 8 heteroatoms. The molecule has 1 saturated heterocycles. The van der Waals surface area contributed by atoms with E-state index in [0.29, 0.717) is 5.65 Å². The van der Waals surface area contributed by atoms with Gasteiger partial charge in [-0.05, 0) is 29.7 Å². The minimum atomic E-state index is -0.296. The van der Waals surface area contributed by atoms with Crippen LogP contribution in [-0.4, -0.2) is 50.7 Å². The lowest BCUT2D eigenvalue weighted by atomic mass is 10.0. The van der Waals surface area contributed by atoms with Crippen molar-refractivity contribution in [1.82, 2.24) is 25.0 Å². The number of fused-ring (bicyclic) bond motifs is 1. The normalized spacial score (nSPS) is 19.6. The number of anilines is 1. The van der Waals surface area contributed by atoms with E-state index in [2.05, 4.69) is 20.5 Å². The molecule has 1 aliphatic rings. The molecule has 1 fully saturated rings. The van der Waals surface area contributed by atoms with Gasteiger partial charge in [0.05, 0.1) is 19.5 Å². The number of hydrogen-bond donors (Lipinski definition) is 0. The second kappa shape index (κ2) is 4.79. The van der Waals surface area contributed by atoms with Crippen LogP contribution in [0.25, 0.3) is 5.65 Å². The largest absolute Gasteiger partial charge is 0.467 e. The molecule has 8 nitrogen and oxygen atoms in total. The van der Waals surface area contributed by atoms with E-state index in [-0.39, 0.29) is 12.0 Å². The van der Waals surface area contributed by atoms with Crippen molar-refractivity contribution < 1.29 is 9.53 Å². The molecule has 100 valence electrons. The van der Waals surface area contributed by atoms with Gasteiger partial charge in [0, 0.05) is 6.54 Å². The van der Waals surface area contributed by atoms with Gasteiger partial charge in [0.15, 0.2) is 11.5 Å². The fourth-order valence-corrected chi connectivity index (χ4v) is 2.45. The fraction of sp³-hybridized carbons (Fsp3) is 0.545. The Hall–Kier alpha value is -2.25. The van der Waals surface area contributed by atoms with Crippen LogP contribution >= 0.6 is 0 Å². The molecule has 1 aliphatic heterocycles. The lowest BCUT2D eigenvalue weighted by Gasteiger charge is -2.34. The van der Waals surface area contributed by atoms with Gasteiger partial charge >= 0.3 is 5.97 Å². The zero-order valence-electron chi connectivity index (χ0n) is 10.6.